The van der Waals surface area contributed by atoms with Gasteiger partial charge in [-0.25, -0.2) is 0 Å². The Morgan fingerprint density at radius 2 is 1.80 bits per heavy atom. The Bertz CT molecular complexity index is 572. The fraction of sp³-hybridized carbons (Fsp3) is 0.200. The average Bonchev–Trinajstić information content (AvgIpc) is 2.48. The zero-order valence-electron chi connectivity index (χ0n) is 11.2. The van der Waals surface area contributed by atoms with Gasteiger partial charge in [-0.1, -0.05) is 42.5 Å². The molecule has 2 aromatic rings. The predicted octanol–water partition coefficient (Wildman–Crippen LogP) is 3.39. The maximum Gasteiger partial charge on any atom is 0.292 e. The van der Waals surface area contributed by atoms with Gasteiger partial charge in [-0.2, -0.15) is 0 Å². The first-order valence-corrected chi connectivity index (χ1v) is 6.26. The summed E-state index contributed by atoms with van der Waals surface area (Å²) in [6.45, 7) is 0.427. The van der Waals surface area contributed by atoms with Gasteiger partial charge in [0, 0.05) is 13.2 Å². The van der Waals surface area contributed by atoms with Crippen molar-refractivity contribution in [2.45, 2.75) is 6.04 Å². The smallest absolute Gasteiger partial charge is 0.292 e. The highest BCUT2D eigenvalue weighted by atomic mass is 16.6. The predicted molar refractivity (Wildman–Crippen MR) is 77.8 cm³/mol. The Morgan fingerprint density at radius 3 is 2.45 bits per heavy atom. The third kappa shape index (κ3) is 3.33. The molecule has 0 aromatic heterocycles. The second-order valence-corrected chi connectivity index (χ2v) is 4.34. The number of hydrogen-bond donors (Lipinski definition) is 1. The first kappa shape index (κ1) is 14.0. The second-order valence-electron chi connectivity index (χ2n) is 4.34. The van der Waals surface area contributed by atoms with Gasteiger partial charge in [0.2, 0.25) is 0 Å². The third-order valence-corrected chi connectivity index (χ3v) is 2.97. The minimum atomic E-state index is -0.392. The number of nitrogens with zero attached hydrogens (tertiary/aromatic N) is 1. The van der Waals surface area contributed by atoms with Gasteiger partial charge in [0.1, 0.15) is 5.69 Å². The Hall–Kier alpha value is -2.40. The Balaban J connectivity index is 2.27. The van der Waals surface area contributed by atoms with E-state index in [0.717, 1.165) is 5.56 Å². The summed E-state index contributed by atoms with van der Waals surface area (Å²) < 4.78 is 5.20. The van der Waals surface area contributed by atoms with E-state index in [0.29, 0.717) is 12.3 Å². The normalized spacial score (nSPS) is 11.8. The second kappa shape index (κ2) is 6.68. The summed E-state index contributed by atoms with van der Waals surface area (Å²) in [6.07, 6.45) is 0. The van der Waals surface area contributed by atoms with Crippen molar-refractivity contribution in [3.63, 3.8) is 0 Å². The average molecular weight is 272 g/mol. The maximum atomic E-state index is 11.0. The van der Waals surface area contributed by atoms with Gasteiger partial charge in [-0.3, -0.25) is 10.1 Å². The van der Waals surface area contributed by atoms with Crippen molar-refractivity contribution in [3.8, 4) is 0 Å². The van der Waals surface area contributed by atoms with Crippen LogP contribution < -0.4 is 5.32 Å². The molecular formula is C15H16N2O3. The Labute approximate surface area is 117 Å². The topological polar surface area (TPSA) is 64.4 Å². The number of rotatable bonds is 6. The van der Waals surface area contributed by atoms with E-state index < -0.39 is 4.92 Å². The van der Waals surface area contributed by atoms with Gasteiger partial charge < -0.3 is 10.1 Å². The monoisotopic (exact) mass is 272 g/mol. The van der Waals surface area contributed by atoms with Crippen LogP contribution in [0, 0.1) is 10.1 Å². The van der Waals surface area contributed by atoms with Crippen LogP contribution in [0.4, 0.5) is 11.4 Å². The molecule has 2 rings (SSSR count). The van der Waals surface area contributed by atoms with E-state index in [9.17, 15) is 10.1 Å². The van der Waals surface area contributed by atoms with E-state index in [1.165, 1.54) is 6.07 Å². The van der Waals surface area contributed by atoms with Crippen LogP contribution in [0.15, 0.2) is 54.6 Å². The molecule has 0 aliphatic heterocycles. The number of ether oxygens (including phenoxy) is 1. The van der Waals surface area contributed by atoms with E-state index in [4.69, 9.17) is 4.74 Å². The highest BCUT2D eigenvalue weighted by molar-refractivity contribution is 5.62. The fourth-order valence-electron chi connectivity index (χ4n) is 2.02. The molecule has 0 amide bonds. The summed E-state index contributed by atoms with van der Waals surface area (Å²) in [7, 11) is 1.61. The van der Waals surface area contributed by atoms with E-state index in [2.05, 4.69) is 5.32 Å². The van der Waals surface area contributed by atoms with Crippen LogP contribution >= 0.6 is 0 Å². The van der Waals surface area contributed by atoms with Crippen molar-refractivity contribution in [3.05, 3.63) is 70.3 Å². The number of nitrogens with one attached hydrogen (secondary N) is 1. The molecule has 1 unspecified atom stereocenters. The van der Waals surface area contributed by atoms with Gasteiger partial charge >= 0.3 is 0 Å². The Kier molecular flexibility index (Phi) is 4.68. The molecule has 104 valence electrons. The molecule has 1 N–H and O–H groups in total. The quantitative estimate of drug-likeness (QED) is 0.646. The number of nitro benzene ring substituents is 1. The largest absolute Gasteiger partial charge is 0.382 e. The van der Waals surface area contributed by atoms with Crippen LogP contribution in [-0.4, -0.2) is 18.6 Å². The van der Waals surface area contributed by atoms with Gasteiger partial charge in [-0.05, 0) is 11.6 Å². The van der Waals surface area contributed by atoms with Crippen LogP contribution in [-0.2, 0) is 4.74 Å². The van der Waals surface area contributed by atoms with E-state index in [1.54, 1.807) is 25.3 Å². The zero-order valence-corrected chi connectivity index (χ0v) is 11.2. The maximum absolute atomic E-state index is 11.0. The van der Waals surface area contributed by atoms with E-state index in [1.807, 2.05) is 30.3 Å². The molecule has 0 saturated heterocycles. The van der Waals surface area contributed by atoms with Crippen molar-refractivity contribution >= 4 is 11.4 Å². The van der Waals surface area contributed by atoms with Crippen molar-refractivity contribution in [1.82, 2.24) is 0 Å². The highest BCUT2D eigenvalue weighted by Gasteiger charge is 2.17. The molecular weight excluding hydrogens is 256 g/mol. The third-order valence-electron chi connectivity index (χ3n) is 2.97. The zero-order chi connectivity index (χ0) is 14.4. The standard InChI is InChI=1S/C15H16N2O3/c1-20-11-14(12-7-3-2-4-8-12)16-13-9-5-6-10-15(13)17(18)19/h2-10,14,16H,11H2,1H3. The van der Waals surface area contributed by atoms with Crippen molar-refractivity contribution in [2.75, 3.05) is 19.0 Å². The molecule has 0 radical (unpaired) electrons. The lowest BCUT2D eigenvalue weighted by Gasteiger charge is -2.19. The van der Waals surface area contributed by atoms with Crippen LogP contribution in [0.2, 0.25) is 0 Å². The van der Waals surface area contributed by atoms with Crippen LogP contribution in [0.5, 0.6) is 0 Å². The minimum Gasteiger partial charge on any atom is -0.382 e. The summed E-state index contributed by atoms with van der Waals surface area (Å²) in [4.78, 5) is 10.6. The van der Waals surface area contributed by atoms with Crippen LogP contribution in [0.3, 0.4) is 0 Å². The van der Waals surface area contributed by atoms with Crippen LogP contribution in [0.25, 0.3) is 0 Å². The Morgan fingerprint density at radius 1 is 1.15 bits per heavy atom. The molecule has 5 nitrogen and oxygen atoms in total. The van der Waals surface area contributed by atoms with Crippen molar-refractivity contribution in [1.29, 1.82) is 0 Å². The fourth-order valence-corrected chi connectivity index (χ4v) is 2.02. The van der Waals surface area contributed by atoms with Gasteiger partial charge in [0.05, 0.1) is 17.6 Å². The van der Waals surface area contributed by atoms with Gasteiger partial charge in [0.15, 0.2) is 0 Å². The number of para-hydroxylation sites is 2. The molecule has 0 aliphatic carbocycles. The minimum absolute atomic E-state index is 0.0598. The van der Waals surface area contributed by atoms with Gasteiger partial charge in [0.25, 0.3) is 5.69 Å². The number of nitro groups is 1. The SMILES string of the molecule is COCC(Nc1ccccc1[N+](=O)[O-])c1ccccc1. The molecule has 0 bridgehead atoms. The van der Waals surface area contributed by atoms with E-state index >= 15 is 0 Å². The summed E-state index contributed by atoms with van der Waals surface area (Å²) in [5.41, 5.74) is 1.57. The molecule has 1 atom stereocenters. The number of anilines is 1. The molecule has 0 heterocycles. The van der Waals surface area contributed by atoms with Crippen LogP contribution in [0.1, 0.15) is 11.6 Å². The van der Waals surface area contributed by atoms with Gasteiger partial charge in [-0.15, -0.1) is 0 Å². The van der Waals surface area contributed by atoms with E-state index in [-0.39, 0.29) is 11.7 Å². The lowest BCUT2D eigenvalue weighted by molar-refractivity contribution is -0.384. The highest BCUT2D eigenvalue weighted by Crippen LogP contribution is 2.27. The summed E-state index contributed by atoms with van der Waals surface area (Å²) in [5, 5.41) is 14.2. The summed E-state index contributed by atoms with van der Waals surface area (Å²) in [6, 6.07) is 16.2. The summed E-state index contributed by atoms with van der Waals surface area (Å²) >= 11 is 0. The number of hydrogen-bond acceptors (Lipinski definition) is 4. The number of methoxy groups -OCH3 is 1. The number of benzene rings is 2. The molecule has 0 saturated carbocycles. The lowest BCUT2D eigenvalue weighted by atomic mass is 10.1. The van der Waals surface area contributed by atoms with Crippen molar-refractivity contribution < 1.29 is 9.66 Å². The molecule has 5 heteroatoms. The molecule has 0 fully saturated rings. The first-order chi connectivity index (χ1) is 9.72. The molecule has 0 spiro atoms. The lowest BCUT2D eigenvalue weighted by Crippen LogP contribution is -2.16. The van der Waals surface area contributed by atoms with Crippen molar-refractivity contribution in [2.24, 2.45) is 0 Å². The first-order valence-electron chi connectivity index (χ1n) is 6.26. The summed E-state index contributed by atoms with van der Waals surface area (Å²) in [5.74, 6) is 0. The molecule has 20 heavy (non-hydrogen) atoms. The molecule has 2 aromatic carbocycles. The molecule has 0 aliphatic rings.